The SMILES string of the molecule is CC(NC(=O)/C=C/c1ccc(-c2ccccc2)s1)C(=O)N1CCS(=O)(=O)CC1. The third kappa shape index (κ3) is 5.30. The van der Waals surface area contributed by atoms with Gasteiger partial charge in [-0.1, -0.05) is 30.3 Å². The molecule has 0 bridgehead atoms. The first kappa shape index (κ1) is 20.3. The van der Waals surface area contributed by atoms with Gasteiger partial charge in [-0.25, -0.2) is 8.42 Å². The van der Waals surface area contributed by atoms with E-state index in [9.17, 15) is 18.0 Å². The van der Waals surface area contributed by atoms with Gasteiger partial charge in [-0.2, -0.15) is 0 Å². The van der Waals surface area contributed by atoms with Gasteiger partial charge in [0.15, 0.2) is 9.84 Å². The van der Waals surface area contributed by atoms with E-state index in [0.717, 1.165) is 15.3 Å². The van der Waals surface area contributed by atoms with Crippen LogP contribution in [0.1, 0.15) is 11.8 Å². The summed E-state index contributed by atoms with van der Waals surface area (Å²) < 4.78 is 22.9. The molecule has 1 N–H and O–H groups in total. The Morgan fingerprint density at radius 3 is 2.46 bits per heavy atom. The minimum absolute atomic E-state index is 0.0264. The molecular weight excluding hydrogens is 396 g/mol. The molecule has 0 radical (unpaired) electrons. The second-order valence-corrected chi connectivity index (χ2v) is 10.0. The van der Waals surface area contributed by atoms with Crippen molar-refractivity contribution in [3.05, 3.63) is 53.4 Å². The highest BCUT2D eigenvalue weighted by Crippen LogP contribution is 2.28. The highest BCUT2D eigenvalue weighted by Gasteiger charge is 2.28. The number of hydrogen-bond donors (Lipinski definition) is 1. The first-order chi connectivity index (χ1) is 13.3. The van der Waals surface area contributed by atoms with Gasteiger partial charge in [0.25, 0.3) is 0 Å². The molecule has 2 amide bonds. The van der Waals surface area contributed by atoms with Crippen LogP contribution < -0.4 is 5.32 Å². The van der Waals surface area contributed by atoms with Crippen LogP contribution in [0.4, 0.5) is 0 Å². The number of nitrogens with one attached hydrogen (secondary N) is 1. The van der Waals surface area contributed by atoms with Gasteiger partial charge < -0.3 is 10.2 Å². The molecule has 8 heteroatoms. The number of carbonyl (C=O) groups is 2. The summed E-state index contributed by atoms with van der Waals surface area (Å²) in [6.07, 6.45) is 3.13. The van der Waals surface area contributed by atoms with E-state index < -0.39 is 15.9 Å². The van der Waals surface area contributed by atoms with Crippen molar-refractivity contribution in [1.82, 2.24) is 10.2 Å². The van der Waals surface area contributed by atoms with Crippen LogP contribution in [-0.4, -0.2) is 55.8 Å². The molecule has 2 heterocycles. The van der Waals surface area contributed by atoms with E-state index in [1.807, 2.05) is 42.5 Å². The minimum atomic E-state index is -3.05. The summed E-state index contributed by atoms with van der Waals surface area (Å²) in [4.78, 5) is 28.0. The predicted molar refractivity (Wildman–Crippen MR) is 112 cm³/mol. The van der Waals surface area contributed by atoms with E-state index in [2.05, 4.69) is 5.32 Å². The topological polar surface area (TPSA) is 83.6 Å². The molecular formula is C20H22N2O4S2. The predicted octanol–water partition coefficient (Wildman–Crippen LogP) is 2.19. The first-order valence-electron chi connectivity index (χ1n) is 8.97. The quantitative estimate of drug-likeness (QED) is 0.755. The molecule has 3 rings (SSSR count). The van der Waals surface area contributed by atoms with E-state index in [1.54, 1.807) is 24.3 Å². The van der Waals surface area contributed by atoms with E-state index >= 15 is 0 Å². The zero-order valence-corrected chi connectivity index (χ0v) is 17.1. The van der Waals surface area contributed by atoms with Crippen molar-refractivity contribution in [3.63, 3.8) is 0 Å². The maximum absolute atomic E-state index is 12.4. The number of sulfone groups is 1. The van der Waals surface area contributed by atoms with Gasteiger partial charge in [0, 0.05) is 28.9 Å². The van der Waals surface area contributed by atoms with Crippen molar-refractivity contribution in [2.24, 2.45) is 0 Å². The van der Waals surface area contributed by atoms with Crippen molar-refractivity contribution < 1.29 is 18.0 Å². The smallest absolute Gasteiger partial charge is 0.244 e. The fraction of sp³-hybridized carbons (Fsp3) is 0.300. The Hall–Kier alpha value is -2.45. The monoisotopic (exact) mass is 418 g/mol. The third-order valence-corrected chi connectivity index (χ3v) is 7.18. The van der Waals surface area contributed by atoms with Crippen molar-refractivity contribution >= 4 is 39.1 Å². The molecule has 1 aliphatic heterocycles. The van der Waals surface area contributed by atoms with Crippen molar-refractivity contribution in [2.45, 2.75) is 13.0 Å². The van der Waals surface area contributed by atoms with Gasteiger partial charge in [-0.05, 0) is 30.7 Å². The molecule has 0 spiro atoms. The number of hydrogen-bond acceptors (Lipinski definition) is 5. The van der Waals surface area contributed by atoms with Crippen LogP contribution in [0, 0.1) is 0 Å². The minimum Gasteiger partial charge on any atom is -0.341 e. The number of nitrogens with zero attached hydrogens (tertiary/aromatic N) is 1. The highest BCUT2D eigenvalue weighted by molar-refractivity contribution is 7.91. The van der Waals surface area contributed by atoms with Crippen molar-refractivity contribution in [2.75, 3.05) is 24.6 Å². The Kier molecular flexibility index (Phi) is 6.31. The Bertz CT molecular complexity index is 967. The fourth-order valence-electron chi connectivity index (χ4n) is 2.89. The molecule has 148 valence electrons. The number of thiophene rings is 1. The zero-order chi connectivity index (χ0) is 20.1. The second kappa shape index (κ2) is 8.70. The van der Waals surface area contributed by atoms with Crippen molar-refractivity contribution in [3.8, 4) is 10.4 Å². The van der Waals surface area contributed by atoms with Gasteiger partial charge in [0.05, 0.1) is 11.5 Å². The summed E-state index contributed by atoms with van der Waals surface area (Å²) in [6.45, 7) is 1.96. The van der Waals surface area contributed by atoms with Crippen LogP contribution in [-0.2, 0) is 19.4 Å². The molecule has 1 saturated heterocycles. The van der Waals surface area contributed by atoms with Crippen LogP contribution in [0.25, 0.3) is 16.5 Å². The van der Waals surface area contributed by atoms with Crippen molar-refractivity contribution in [1.29, 1.82) is 0 Å². The summed E-state index contributed by atoms with van der Waals surface area (Å²) in [5, 5.41) is 2.64. The molecule has 28 heavy (non-hydrogen) atoms. The lowest BCUT2D eigenvalue weighted by molar-refractivity contribution is -0.134. The average Bonchev–Trinajstić information content (AvgIpc) is 3.15. The maximum Gasteiger partial charge on any atom is 0.244 e. The summed E-state index contributed by atoms with van der Waals surface area (Å²) in [5.74, 6) is -0.678. The van der Waals surface area contributed by atoms with Gasteiger partial charge >= 0.3 is 0 Å². The molecule has 1 atom stereocenters. The Morgan fingerprint density at radius 2 is 1.79 bits per heavy atom. The lowest BCUT2D eigenvalue weighted by Crippen LogP contribution is -2.51. The molecule has 1 aliphatic rings. The Balaban J connectivity index is 1.53. The van der Waals surface area contributed by atoms with Gasteiger partial charge in [-0.3, -0.25) is 9.59 Å². The molecule has 6 nitrogen and oxygen atoms in total. The molecule has 1 unspecified atom stereocenters. The van der Waals surface area contributed by atoms with E-state index in [1.165, 1.54) is 11.0 Å². The fourth-order valence-corrected chi connectivity index (χ4v) is 5.01. The molecule has 0 saturated carbocycles. The Morgan fingerprint density at radius 1 is 1.11 bits per heavy atom. The van der Waals surface area contributed by atoms with Gasteiger partial charge in [0.1, 0.15) is 6.04 Å². The third-order valence-electron chi connectivity index (χ3n) is 4.47. The van der Waals surface area contributed by atoms with E-state index in [-0.39, 0.29) is 36.4 Å². The van der Waals surface area contributed by atoms with E-state index in [0.29, 0.717) is 0 Å². The summed E-state index contributed by atoms with van der Waals surface area (Å²) in [6, 6.07) is 13.2. The van der Waals surface area contributed by atoms with Gasteiger partial charge in [-0.15, -0.1) is 11.3 Å². The van der Waals surface area contributed by atoms with E-state index in [4.69, 9.17) is 0 Å². The van der Waals surface area contributed by atoms with Crippen LogP contribution >= 0.6 is 11.3 Å². The summed E-state index contributed by atoms with van der Waals surface area (Å²) >= 11 is 1.58. The standard InChI is InChI=1S/C20H22N2O4S2/c1-15(20(24)22-11-13-28(25,26)14-12-22)21-19(23)10-8-17-7-9-18(27-17)16-5-3-2-4-6-16/h2-10,15H,11-14H2,1H3,(H,21,23)/b10-8+. The average molecular weight is 419 g/mol. The Labute approximate surface area is 168 Å². The molecule has 0 aliphatic carbocycles. The zero-order valence-electron chi connectivity index (χ0n) is 15.5. The molecule has 1 aromatic carbocycles. The molecule has 1 fully saturated rings. The largest absolute Gasteiger partial charge is 0.341 e. The number of carbonyl (C=O) groups excluding carboxylic acids is 2. The first-order valence-corrected chi connectivity index (χ1v) is 11.6. The number of rotatable bonds is 5. The van der Waals surface area contributed by atoms with Crippen LogP contribution in [0.2, 0.25) is 0 Å². The summed E-state index contributed by atoms with van der Waals surface area (Å²) in [7, 11) is -3.05. The van der Waals surface area contributed by atoms with Crippen LogP contribution in [0.15, 0.2) is 48.5 Å². The molecule has 1 aromatic heterocycles. The highest BCUT2D eigenvalue weighted by atomic mass is 32.2. The van der Waals surface area contributed by atoms with Crippen LogP contribution in [0.5, 0.6) is 0 Å². The lowest BCUT2D eigenvalue weighted by atomic mass is 10.2. The number of amides is 2. The molecule has 2 aromatic rings. The lowest BCUT2D eigenvalue weighted by Gasteiger charge is -2.29. The van der Waals surface area contributed by atoms with Crippen LogP contribution in [0.3, 0.4) is 0 Å². The number of benzene rings is 1. The second-order valence-electron chi connectivity index (χ2n) is 6.61. The maximum atomic E-state index is 12.4. The normalized spacial score (nSPS) is 17.4. The van der Waals surface area contributed by atoms with Gasteiger partial charge in [0.2, 0.25) is 11.8 Å². The summed E-state index contributed by atoms with van der Waals surface area (Å²) in [5.41, 5.74) is 1.12.